The highest BCUT2D eigenvalue weighted by Gasteiger charge is 2.25. The lowest BCUT2D eigenvalue weighted by Crippen LogP contribution is -2.27. The van der Waals surface area contributed by atoms with Crippen LogP contribution in [0, 0.1) is 0 Å². The van der Waals surface area contributed by atoms with Crippen molar-refractivity contribution < 1.29 is 0 Å². The van der Waals surface area contributed by atoms with E-state index in [9.17, 15) is 0 Å². The highest BCUT2D eigenvalue weighted by Crippen LogP contribution is 2.35. The molecule has 1 atom stereocenters. The minimum atomic E-state index is 0.173. The average molecular weight is 497 g/mol. The molecule has 0 fully saturated rings. The Hall–Kier alpha value is -1.80. The van der Waals surface area contributed by atoms with Gasteiger partial charge in [0.2, 0.25) is 0 Å². The van der Waals surface area contributed by atoms with Gasteiger partial charge in [0, 0.05) is 32.7 Å². The van der Waals surface area contributed by atoms with E-state index >= 15 is 0 Å². The van der Waals surface area contributed by atoms with Crippen LogP contribution in [0.3, 0.4) is 0 Å². The molecule has 0 N–H and O–H groups in total. The first-order valence-corrected chi connectivity index (χ1v) is 12.9. The minimum Gasteiger partial charge on any atom is -0.305 e. The zero-order valence-corrected chi connectivity index (χ0v) is 25.2. The first-order valence-electron chi connectivity index (χ1n) is 12.9. The van der Waals surface area contributed by atoms with Crippen LogP contribution in [0.5, 0.6) is 0 Å². The van der Waals surface area contributed by atoms with Crippen molar-refractivity contribution in [1.82, 2.24) is 29.4 Å². The van der Waals surface area contributed by atoms with Gasteiger partial charge in [-0.05, 0) is 124 Å². The van der Waals surface area contributed by atoms with Crippen LogP contribution in [-0.4, -0.2) is 114 Å². The van der Waals surface area contributed by atoms with E-state index in [-0.39, 0.29) is 6.04 Å². The van der Waals surface area contributed by atoms with Crippen molar-refractivity contribution in [2.75, 3.05) is 84.6 Å². The third-order valence-corrected chi connectivity index (χ3v) is 6.06. The molecule has 0 aliphatic heterocycles. The Labute approximate surface area is 222 Å². The van der Waals surface area contributed by atoms with E-state index in [1.54, 1.807) is 0 Å². The van der Waals surface area contributed by atoms with Gasteiger partial charge in [-0.3, -0.25) is 4.90 Å². The van der Waals surface area contributed by atoms with Gasteiger partial charge < -0.3 is 24.5 Å². The molecule has 2 aromatic carbocycles. The summed E-state index contributed by atoms with van der Waals surface area (Å²) in [5.41, 5.74) is 9.77. The maximum atomic E-state index is 2.44. The zero-order valence-electron chi connectivity index (χ0n) is 25.2. The number of hydrogen-bond donors (Lipinski definition) is 0. The third-order valence-electron chi connectivity index (χ3n) is 6.06. The predicted molar refractivity (Wildman–Crippen MR) is 155 cm³/mol. The van der Waals surface area contributed by atoms with Gasteiger partial charge in [-0.2, -0.15) is 0 Å². The molecule has 0 aliphatic carbocycles. The molecule has 6 heteroatoms. The predicted octanol–water partition coefficient (Wildman–Crippen LogP) is 3.65. The highest BCUT2D eigenvalue weighted by molar-refractivity contribution is 5.47. The summed E-state index contributed by atoms with van der Waals surface area (Å²) in [5, 5.41) is 0. The Kier molecular flexibility index (Phi) is 11.5. The van der Waals surface area contributed by atoms with Crippen LogP contribution in [-0.2, 0) is 32.7 Å². The molecule has 0 aliphatic rings. The lowest BCUT2D eigenvalue weighted by Gasteiger charge is -2.33. The van der Waals surface area contributed by atoms with Crippen molar-refractivity contribution in [2.45, 2.75) is 38.8 Å². The molecule has 0 bridgehead atoms. The highest BCUT2D eigenvalue weighted by atomic mass is 15.1. The maximum absolute atomic E-state index is 2.44. The molecule has 0 aromatic heterocycles. The van der Waals surface area contributed by atoms with Crippen molar-refractivity contribution >= 4 is 0 Å². The first kappa shape index (κ1) is 30.4. The fraction of sp³-hybridized carbons (Fsp3) is 0.600. The third kappa shape index (κ3) is 9.25. The van der Waals surface area contributed by atoms with Crippen LogP contribution in [0.25, 0.3) is 0 Å². The van der Waals surface area contributed by atoms with Gasteiger partial charge in [-0.15, -0.1) is 0 Å². The van der Waals surface area contributed by atoms with Gasteiger partial charge in [-0.25, -0.2) is 0 Å². The number of benzene rings is 2. The average Bonchev–Trinajstić information content (AvgIpc) is 2.67. The Bertz CT molecular complexity index is 903. The molecule has 0 heterocycles. The number of hydrogen-bond acceptors (Lipinski definition) is 6. The number of nitrogens with zero attached hydrogens (tertiary/aromatic N) is 6. The Morgan fingerprint density at radius 1 is 0.444 bits per heavy atom. The van der Waals surface area contributed by atoms with Crippen molar-refractivity contribution in [3.8, 4) is 0 Å². The molecule has 2 rings (SSSR count). The van der Waals surface area contributed by atoms with Gasteiger partial charge in [0.15, 0.2) is 0 Å². The summed E-state index contributed by atoms with van der Waals surface area (Å²) in [6.45, 7) is 4.66. The summed E-state index contributed by atoms with van der Waals surface area (Å²) in [4.78, 5) is 13.8. The van der Waals surface area contributed by atoms with Crippen molar-refractivity contribution in [3.63, 3.8) is 0 Å². The summed E-state index contributed by atoms with van der Waals surface area (Å²) in [6.07, 6.45) is 0. The summed E-state index contributed by atoms with van der Waals surface area (Å²) >= 11 is 0. The molecule has 36 heavy (non-hydrogen) atoms. The van der Waals surface area contributed by atoms with Crippen LogP contribution in [0.15, 0.2) is 30.3 Å². The van der Waals surface area contributed by atoms with E-state index in [2.05, 4.69) is 144 Å². The van der Waals surface area contributed by atoms with Crippen molar-refractivity contribution in [2.24, 2.45) is 0 Å². The SMILES string of the molecule is CN(C)Cc1cc(CN(C)C)cc(C(c2c(CN(C)C)cc(CN(C)C)cc2CN(C)C)N(C)C)c1. The molecular weight excluding hydrogens is 444 g/mol. The molecular formula is C30H52N6. The van der Waals surface area contributed by atoms with Gasteiger partial charge in [0.1, 0.15) is 0 Å². The standard InChI is InChI=1S/C30H52N6/c1-31(2)18-23-13-24(19-32(3)4)15-26(14-23)30(36(11)12)29-27(21-34(7)8)16-25(20-33(5)6)17-28(29)22-35(9)10/h13-17,30H,18-22H2,1-12H3. The molecule has 0 spiro atoms. The molecule has 2 aromatic rings. The zero-order chi connectivity index (χ0) is 27.2. The molecule has 6 nitrogen and oxygen atoms in total. The second-order valence-corrected chi connectivity index (χ2v) is 12.0. The fourth-order valence-electron chi connectivity index (χ4n) is 5.19. The van der Waals surface area contributed by atoms with Crippen LogP contribution >= 0.6 is 0 Å². The largest absolute Gasteiger partial charge is 0.305 e. The van der Waals surface area contributed by atoms with E-state index in [1.807, 2.05) is 0 Å². The maximum Gasteiger partial charge on any atom is 0.0603 e. The summed E-state index contributed by atoms with van der Waals surface area (Å²) in [6, 6.07) is 12.3. The normalized spacial score (nSPS) is 13.3. The van der Waals surface area contributed by atoms with E-state index in [0.29, 0.717) is 0 Å². The quantitative estimate of drug-likeness (QED) is 0.419. The lowest BCUT2D eigenvalue weighted by molar-refractivity contribution is 0.325. The van der Waals surface area contributed by atoms with Gasteiger partial charge in [0.25, 0.3) is 0 Å². The van der Waals surface area contributed by atoms with Crippen LogP contribution in [0.1, 0.15) is 45.0 Å². The van der Waals surface area contributed by atoms with Gasteiger partial charge in [0.05, 0.1) is 6.04 Å². The van der Waals surface area contributed by atoms with Crippen LogP contribution in [0.2, 0.25) is 0 Å². The van der Waals surface area contributed by atoms with Crippen LogP contribution < -0.4 is 0 Å². The van der Waals surface area contributed by atoms with Gasteiger partial charge in [-0.1, -0.05) is 30.3 Å². The molecule has 0 radical (unpaired) electrons. The Balaban J connectivity index is 2.83. The fourth-order valence-corrected chi connectivity index (χ4v) is 5.19. The summed E-state index contributed by atoms with van der Waals surface area (Å²) in [5.74, 6) is 0. The molecule has 1 unspecified atom stereocenters. The lowest BCUT2D eigenvalue weighted by atomic mass is 9.86. The second-order valence-electron chi connectivity index (χ2n) is 12.0. The topological polar surface area (TPSA) is 19.4 Å². The molecule has 202 valence electrons. The van der Waals surface area contributed by atoms with Crippen molar-refractivity contribution in [3.05, 3.63) is 69.3 Å². The Morgan fingerprint density at radius 2 is 0.778 bits per heavy atom. The summed E-state index contributed by atoms with van der Waals surface area (Å²) in [7, 11) is 26.0. The summed E-state index contributed by atoms with van der Waals surface area (Å²) < 4.78 is 0. The van der Waals surface area contributed by atoms with Crippen molar-refractivity contribution in [1.29, 1.82) is 0 Å². The smallest absolute Gasteiger partial charge is 0.0603 e. The van der Waals surface area contributed by atoms with E-state index in [0.717, 1.165) is 32.7 Å². The van der Waals surface area contributed by atoms with Crippen LogP contribution in [0.4, 0.5) is 0 Å². The molecule has 0 amide bonds. The monoisotopic (exact) mass is 496 g/mol. The first-order chi connectivity index (χ1) is 16.8. The second kappa shape index (κ2) is 13.7. The molecule has 0 saturated carbocycles. The van der Waals surface area contributed by atoms with E-state index in [1.165, 1.54) is 38.9 Å². The minimum absolute atomic E-state index is 0.173. The van der Waals surface area contributed by atoms with E-state index in [4.69, 9.17) is 0 Å². The van der Waals surface area contributed by atoms with Gasteiger partial charge >= 0.3 is 0 Å². The van der Waals surface area contributed by atoms with E-state index < -0.39 is 0 Å². The molecule has 0 saturated heterocycles. The number of rotatable bonds is 13. The Morgan fingerprint density at radius 3 is 1.08 bits per heavy atom.